The minimum Gasteiger partial charge on any atom is -0.491 e. The summed E-state index contributed by atoms with van der Waals surface area (Å²) in [4.78, 5) is 12.2. The normalized spacial score (nSPS) is 19.5. The Bertz CT molecular complexity index is 593. The summed E-state index contributed by atoms with van der Waals surface area (Å²) < 4.78 is 44.1. The number of carbonyl (C=O) groups is 1. The highest BCUT2D eigenvalue weighted by Gasteiger charge is 2.34. The van der Waals surface area contributed by atoms with Gasteiger partial charge in [0.2, 0.25) is 5.91 Å². The maximum atomic E-state index is 12.9. The zero-order valence-electron chi connectivity index (χ0n) is 15.6. The molecule has 1 aliphatic rings. The van der Waals surface area contributed by atoms with E-state index in [0.717, 1.165) is 32.0 Å². The molecule has 0 saturated carbocycles. The summed E-state index contributed by atoms with van der Waals surface area (Å²) in [6, 6.07) is 4.71. The van der Waals surface area contributed by atoms with Gasteiger partial charge in [-0.15, -0.1) is 12.4 Å². The van der Waals surface area contributed by atoms with Crippen molar-refractivity contribution in [2.75, 3.05) is 19.7 Å². The first-order valence-corrected chi connectivity index (χ1v) is 9.06. The van der Waals surface area contributed by atoms with E-state index in [2.05, 4.69) is 17.6 Å². The fraction of sp³-hybridized carbons (Fsp3) is 0.632. The second kappa shape index (κ2) is 10.8. The number of halogens is 4. The van der Waals surface area contributed by atoms with Crippen LogP contribution in [0, 0.1) is 11.8 Å². The molecule has 1 fully saturated rings. The Morgan fingerprint density at radius 2 is 2.04 bits per heavy atom. The second-order valence-electron chi connectivity index (χ2n) is 7.06. The van der Waals surface area contributed by atoms with Gasteiger partial charge in [0.15, 0.2) is 0 Å². The molecule has 1 aliphatic heterocycles. The molecule has 0 radical (unpaired) electrons. The van der Waals surface area contributed by atoms with E-state index in [0.29, 0.717) is 12.3 Å². The van der Waals surface area contributed by atoms with Crippen LogP contribution in [-0.2, 0) is 11.0 Å². The quantitative estimate of drug-likeness (QED) is 0.716. The standard InChI is InChI=1S/C19H27F3N2O2.ClH/c1-13(15-6-5-9-23-11-15)10-18(25)24-14(2)12-26-17-8-4-3-7-16(17)19(20,21)22;/h3-4,7-8,13-15,23H,5-6,9-12H2,1-2H3,(H,24,25);1H. The zero-order valence-corrected chi connectivity index (χ0v) is 16.5. The molecule has 1 saturated heterocycles. The van der Waals surface area contributed by atoms with E-state index in [-0.39, 0.29) is 42.6 Å². The summed E-state index contributed by atoms with van der Waals surface area (Å²) in [6.45, 7) is 5.74. The highest BCUT2D eigenvalue weighted by atomic mass is 35.5. The lowest BCUT2D eigenvalue weighted by molar-refractivity contribution is -0.139. The molecule has 0 aromatic heterocycles. The summed E-state index contributed by atoms with van der Waals surface area (Å²) in [6.07, 6.45) is -1.81. The first-order valence-electron chi connectivity index (χ1n) is 9.06. The molecule has 1 aromatic rings. The van der Waals surface area contributed by atoms with Crippen LogP contribution in [0.3, 0.4) is 0 Å². The van der Waals surface area contributed by atoms with E-state index in [1.807, 2.05) is 0 Å². The second-order valence-corrected chi connectivity index (χ2v) is 7.06. The third kappa shape index (κ3) is 7.58. The first-order chi connectivity index (χ1) is 12.3. The lowest BCUT2D eigenvalue weighted by Crippen LogP contribution is -2.39. The lowest BCUT2D eigenvalue weighted by Gasteiger charge is -2.28. The van der Waals surface area contributed by atoms with Crippen molar-refractivity contribution in [2.45, 2.75) is 45.3 Å². The molecule has 0 aliphatic carbocycles. The Balaban J connectivity index is 0.00000364. The molecule has 3 atom stereocenters. The molecule has 8 heteroatoms. The first kappa shape index (κ1) is 23.6. The van der Waals surface area contributed by atoms with E-state index < -0.39 is 11.7 Å². The third-order valence-electron chi connectivity index (χ3n) is 4.74. The van der Waals surface area contributed by atoms with Crippen LogP contribution in [-0.4, -0.2) is 31.6 Å². The van der Waals surface area contributed by atoms with E-state index in [1.165, 1.54) is 18.2 Å². The summed E-state index contributed by atoms with van der Waals surface area (Å²) >= 11 is 0. The van der Waals surface area contributed by atoms with Gasteiger partial charge in [0.1, 0.15) is 12.4 Å². The van der Waals surface area contributed by atoms with Crippen molar-refractivity contribution >= 4 is 18.3 Å². The van der Waals surface area contributed by atoms with Crippen LogP contribution in [0.1, 0.15) is 38.7 Å². The molecule has 1 amide bonds. The number of para-hydroxylation sites is 1. The Labute approximate surface area is 164 Å². The summed E-state index contributed by atoms with van der Waals surface area (Å²) in [5.41, 5.74) is -0.808. The largest absolute Gasteiger partial charge is 0.491 e. The number of rotatable bonds is 7. The molecular formula is C19H28ClF3N2O2. The molecule has 0 spiro atoms. The van der Waals surface area contributed by atoms with Crippen molar-refractivity contribution in [3.05, 3.63) is 29.8 Å². The van der Waals surface area contributed by atoms with Gasteiger partial charge in [-0.3, -0.25) is 4.79 Å². The van der Waals surface area contributed by atoms with Crippen LogP contribution in [0.5, 0.6) is 5.75 Å². The number of ether oxygens (including phenoxy) is 1. The molecule has 2 N–H and O–H groups in total. The van der Waals surface area contributed by atoms with Crippen LogP contribution >= 0.6 is 12.4 Å². The smallest absolute Gasteiger partial charge is 0.419 e. The van der Waals surface area contributed by atoms with Gasteiger partial charge in [0, 0.05) is 6.42 Å². The number of hydrogen-bond acceptors (Lipinski definition) is 3. The summed E-state index contributed by atoms with van der Waals surface area (Å²) in [7, 11) is 0. The van der Waals surface area contributed by atoms with Crippen molar-refractivity contribution in [2.24, 2.45) is 11.8 Å². The predicted octanol–water partition coefficient (Wildman–Crippen LogP) is 4.04. The molecule has 0 bridgehead atoms. The monoisotopic (exact) mass is 408 g/mol. The fourth-order valence-corrected chi connectivity index (χ4v) is 3.24. The third-order valence-corrected chi connectivity index (χ3v) is 4.74. The van der Waals surface area contributed by atoms with Gasteiger partial charge < -0.3 is 15.4 Å². The molecule has 27 heavy (non-hydrogen) atoms. The van der Waals surface area contributed by atoms with Gasteiger partial charge in [-0.2, -0.15) is 13.2 Å². The van der Waals surface area contributed by atoms with E-state index in [1.54, 1.807) is 6.92 Å². The number of amides is 1. The Hall–Kier alpha value is -1.47. The highest BCUT2D eigenvalue weighted by molar-refractivity contribution is 5.85. The number of hydrogen-bond donors (Lipinski definition) is 2. The van der Waals surface area contributed by atoms with Crippen LogP contribution in [0.25, 0.3) is 0 Å². The van der Waals surface area contributed by atoms with E-state index >= 15 is 0 Å². The van der Waals surface area contributed by atoms with Crippen LogP contribution in [0.15, 0.2) is 24.3 Å². The fourth-order valence-electron chi connectivity index (χ4n) is 3.24. The number of nitrogens with one attached hydrogen (secondary N) is 2. The topological polar surface area (TPSA) is 50.4 Å². The predicted molar refractivity (Wildman–Crippen MR) is 101 cm³/mol. The number of carbonyl (C=O) groups excluding carboxylic acids is 1. The van der Waals surface area contributed by atoms with Gasteiger partial charge in [-0.1, -0.05) is 19.1 Å². The summed E-state index contributed by atoms with van der Waals surface area (Å²) in [5.74, 6) is 0.438. The Morgan fingerprint density at radius 1 is 1.33 bits per heavy atom. The molecule has 1 heterocycles. The Morgan fingerprint density at radius 3 is 2.67 bits per heavy atom. The average molecular weight is 409 g/mol. The van der Waals surface area contributed by atoms with Crippen LogP contribution in [0.2, 0.25) is 0 Å². The maximum Gasteiger partial charge on any atom is 0.419 e. The number of piperidine rings is 1. The average Bonchev–Trinajstić information content (AvgIpc) is 2.60. The van der Waals surface area contributed by atoms with Crippen molar-refractivity contribution in [3.8, 4) is 5.75 Å². The minimum atomic E-state index is -4.47. The molecule has 1 aromatic carbocycles. The molecule has 2 rings (SSSR count). The van der Waals surface area contributed by atoms with E-state index in [9.17, 15) is 18.0 Å². The van der Waals surface area contributed by atoms with Gasteiger partial charge in [-0.25, -0.2) is 0 Å². The van der Waals surface area contributed by atoms with Crippen molar-refractivity contribution in [1.82, 2.24) is 10.6 Å². The van der Waals surface area contributed by atoms with Crippen molar-refractivity contribution in [1.29, 1.82) is 0 Å². The minimum absolute atomic E-state index is 0. The van der Waals surface area contributed by atoms with Gasteiger partial charge in [0.05, 0.1) is 11.6 Å². The number of alkyl halides is 3. The Kier molecular flexibility index (Phi) is 9.39. The summed E-state index contributed by atoms with van der Waals surface area (Å²) in [5, 5.41) is 6.15. The molecule has 4 nitrogen and oxygen atoms in total. The highest BCUT2D eigenvalue weighted by Crippen LogP contribution is 2.35. The molecular weight excluding hydrogens is 381 g/mol. The molecule has 154 valence electrons. The number of benzene rings is 1. The SMILES string of the molecule is CC(COc1ccccc1C(F)(F)F)NC(=O)CC(C)C1CCCNC1.Cl. The van der Waals surface area contributed by atoms with Gasteiger partial charge >= 0.3 is 6.18 Å². The van der Waals surface area contributed by atoms with Crippen molar-refractivity contribution < 1.29 is 22.7 Å². The van der Waals surface area contributed by atoms with Gasteiger partial charge in [-0.05, 0) is 56.8 Å². The van der Waals surface area contributed by atoms with Gasteiger partial charge in [0.25, 0.3) is 0 Å². The maximum absolute atomic E-state index is 12.9. The van der Waals surface area contributed by atoms with E-state index in [4.69, 9.17) is 4.74 Å². The zero-order chi connectivity index (χ0) is 19.2. The molecule has 3 unspecified atom stereocenters. The van der Waals surface area contributed by atoms with Crippen LogP contribution in [0.4, 0.5) is 13.2 Å². The van der Waals surface area contributed by atoms with Crippen LogP contribution < -0.4 is 15.4 Å². The lowest BCUT2D eigenvalue weighted by atomic mass is 9.85. The van der Waals surface area contributed by atoms with Crippen molar-refractivity contribution in [3.63, 3.8) is 0 Å².